The highest BCUT2D eigenvalue weighted by molar-refractivity contribution is 7.89. The monoisotopic (exact) mass is 265 g/mol. The van der Waals surface area contributed by atoms with E-state index in [1.807, 2.05) is 20.8 Å². The average molecular weight is 265 g/mol. The number of nitrogens with zero attached hydrogens (tertiary/aromatic N) is 1. The van der Waals surface area contributed by atoms with Crippen LogP contribution in [0, 0.1) is 5.41 Å². The third-order valence-electron chi connectivity index (χ3n) is 2.43. The summed E-state index contributed by atoms with van der Waals surface area (Å²) in [5.41, 5.74) is 5.39. The normalized spacial score (nSPS) is 14.8. The maximum Gasteiger partial charge on any atom is 0.237 e. The molecule has 0 bridgehead atoms. The molecule has 3 N–H and O–H groups in total. The van der Waals surface area contributed by atoms with Crippen LogP contribution in [-0.4, -0.2) is 51.1 Å². The van der Waals surface area contributed by atoms with E-state index < -0.39 is 16.1 Å². The van der Waals surface area contributed by atoms with Gasteiger partial charge in [0.05, 0.1) is 11.8 Å². The fourth-order valence-electron chi connectivity index (χ4n) is 0.989. The van der Waals surface area contributed by atoms with E-state index in [0.29, 0.717) is 0 Å². The smallest absolute Gasteiger partial charge is 0.237 e. The molecular formula is C10H23N3O3S. The number of amides is 1. The van der Waals surface area contributed by atoms with Gasteiger partial charge in [-0.05, 0) is 5.41 Å². The Hall–Kier alpha value is -0.660. The van der Waals surface area contributed by atoms with Crippen LogP contribution in [0.2, 0.25) is 0 Å². The summed E-state index contributed by atoms with van der Waals surface area (Å²) in [4.78, 5) is 11.6. The molecule has 0 aromatic carbocycles. The molecule has 0 aliphatic carbocycles. The van der Waals surface area contributed by atoms with E-state index in [-0.39, 0.29) is 23.6 Å². The van der Waals surface area contributed by atoms with Crippen molar-refractivity contribution in [1.29, 1.82) is 0 Å². The van der Waals surface area contributed by atoms with Gasteiger partial charge in [-0.1, -0.05) is 20.8 Å². The topological polar surface area (TPSA) is 92.5 Å². The number of rotatable bonds is 5. The second kappa shape index (κ2) is 5.79. The first-order chi connectivity index (χ1) is 7.48. The van der Waals surface area contributed by atoms with Crippen molar-refractivity contribution in [3.05, 3.63) is 0 Å². The second-order valence-corrected chi connectivity index (χ2v) is 7.54. The Kier molecular flexibility index (Phi) is 5.57. The van der Waals surface area contributed by atoms with E-state index >= 15 is 0 Å². The summed E-state index contributed by atoms with van der Waals surface area (Å²) in [7, 11) is -0.364. The number of carbonyl (C=O) groups is 1. The Labute approximate surface area is 104 Å². The summed E-state index contributed by atoms with van der Waals surface area (Å²) in [6.45, 7) is 5.64. The van der Waals surface area contributed by atoms with Gasteiger partial charge in [0, 0.05) is 20.6 Å². The van der Waals surface area contributed by atoms with Crippen LogP contribution in [0.25, 0.3) is 0 Å². The zero-order chi connectivity index (χ0) is 13.9. The molecule has 0 aromatic heterocycles. The van der Waals surface area contributed by atoms with E-state index in [0.717, 1.165) is 4.31 Å². The van der Waals surface area contributed by atoms with Gasteiger partial charge in [-0.2, -0.15) is 0 Å². The van der Waals surface area contributed by atoms with Crippen LogP contribution in [0.3, 0.4) is 0 Å². The van der Waals surface area contributed by atoms with E-state index in [4.69, 9.17) is 5.73 Å². The number of nitrogens with two attached hydrogens (primary N) is 1. The molecule has 0 fully saturated rings. The van der Waals surface area contributed by atoms with Crippen LogP contribution in [-0.2, 0) is 14.8 Å². The van der Waals surface area contributed by atoms with Crippen molar-refractivity contribution in [2.75, 3.05) is 26.4 Å². The lowest BCUT2D eigenvalue weighted by atomic mass is 9.87. The molecule has 102 valence electrons. The maximum atomic E-state index is 11.6. The van der Waals surface area contributed by atoms with Crippen molar-refractivity contribution in [2.45, 2.75) is 26.8 Å². The number of sulfonamides is 1. The molecule has 0 spiro atoms. The number of carbonyl (C=O) groups excluding carboxylic acids is 1. The summed E-state index contributed by atoms with van der Waals surface area (Å²) >= 11 is 0. The minimum atomic E-state index is -3.28. The summed E-state index contributed by atoms with van der Waals surface area (Å²) in [6.07, 6.45) is 0. The molecule has 17 heavy (non-hydrogen) atoms. The predicted molar refractivity (Wildman–Crippen MR) is 67.9 cm³/mol. The number of hydrogen-bond donors (Lipinski definition) is 2. The predicted octanol–water partition coefficient (Wildman–Crippen LogP) is -0.633. The molecule has 0 unspecified atom stereocenters. The Morgan fingerprint density at radius 3 is 2.18 bits per heavy atom. The Balaban J connectivity index is 4.21. The summed E-state index contributed by atoms with van der Waals surface area (Å²) in [5.74, 6) is -0.450. The molecule has 1 atom stereocenters. The lowest BCUT2D eigenvalue weighted by molar-refractivity contribution is -0.124. The summed E-state index contributed by atoms with van der Waals surface area (Å²) in [6, 6.07) is -0.649. The van der Waals surface area contributed by atoms with Crippen molar-refractivity contribution >= 4 is 15.9 Å². The number of nitrogens with one attached hydrogen (secondary N) is 1. The molecule has 0 aromatic rings. The van der Waals surface area contributed by atoms with Gasteiger partial charge in [0.25, 0.3) is 0 Å². The Morgan fingerprint density at radius 1 is 1.35 bits per heavy atom. The first-order valence-corrected chi connectivity index (χ1v) is 7.03. The first kappa shape index (κ1) is 16.3. The largest absolute Gasteiger partial charge is 0.354 e. The van der Waals surface area contributed by atoms with Crippen LogP contribution in [0.4, 0.5) is 0 Å². The Bertz CT molecular complexity index is 357. The maximum absolute atomic E-state index is 11.6. The molecule has 7 heteroatoms. The van der Waals surface area contributed by atoms with Crippen LogP contribution in [0.1, 0.15) is 20.8 Å². The van der Waals surface area contributed by atoms with Crippen molar-refractivity contribution in [2.24, 2.45) is 11.1 Å². The van der Waals surface area contributed by atoms with Crippen molar-refractivity contribution in [3.8, 4) is 0 Å². The molecule has 0 saturated heterocycles. The lowest BCUT2D eigenvalue weighted by Gasteiger charge is -2.25. The third kappa shape index (κ3) is 5.47. The molecule has 6 nitrogen and oxygen atoms in total. The van der Waals surface area contributed by atoms with Crippen LogP contribution in [0.15, 0.2) is 0 Å². The molecule has 0 heterocycles. The molecule has 0 saturated carbocycles. The van der Waals surface area contributed by atoms with E-state index in [1.165, 1.54) is 14.1 Å². The molecule has 1 amide bonds. The lowest BCUT2D eigenvalue weighted by Crippen LogP contribution is -2.49. The van der Waals surface area contributed by atoms with Gasteiger partial charge in [0.15, 0.2) is 0 Å². The first-order valence-electron chi connectivity index (χ1n) is 5.42. The fourth-order valence-corrected chi connectivity index (χ4v) is 1.71. The fraction of sp³-hybridized carbons (Fsp3) is 0.900. The van der Waals surface area contributed by atoms with Crippen molar-refractivity contribution in [1.82, 2.24) is 9.62 Å². The highest BCUT2D eigenvalue weighted by Crippen LogP contribution is 2.16. The quantitative estimate of drug-likeness (QED) is 0.692. The molecule has 0 rings (SSSR count). The van der Waals surface area contributed by atoms with E-state index in [1.54, 1.807) is 0 Å². The zero-order valence-corrected chi connectivity index (χ0v) is 12.0. The highest BCUT2D eigenvalue weighted by Gasteiger charge is 2.27. The van der Waals surface area contributed by atoms with Crippen LogP contribution < -0.4 is 11.1 Å². The standard InChI is InChI=1S/C10H23N3O3S/c1-10(2,3)8(11)9(14)12-6-7-17(15,16)13(4)5/h8H,6-7,11H2,1-5H3,(H,12,14)/t8-/m1/s1. The van der Waals surface area contributed by atoms with Gasteiger partial charge in [0.1, 0.15) is 0 Å². The molecule has 0 aliphatic heterocycles. The van der Waals surface area contributed by atoms with Gasteiger partial charge in [-0.25, -0.2) is 12.7 Å². The molecule has 0 aliphatic rings. The number of hydrogen-bond acceptors (Lipinski definition) is 4. The SMILES string of the molecule is CN(C)S(=O)(=O)CCNC(=O)[C@@H](N)C(C)(C)C. The van der Waals surface area contributed by atoms with Gasteiger partial charge < -0.3 is 11.1 Å². The van der Waals surface area contributed by atoms with E-state index in [9.17, 15) is 13.2 Å². The summed E-state index contributed by atoms with van der Waals surface area (Å²) < 4.78 is 24.0. The summed E-state index contributed by atoms with van der Waals surface area (Å²) in [5, 5.41) is 2.53. The van der Waals surface area contributed by atoms with Gasteiger partial charge in [-0.3, -0.25) is 4.79 Å². The van der Waals surface area contributed by atoms with Crippen molar-refractivity contribution < 1.29 is 13.2 Å². The second-order valence-electron chi connectivity index (χ2n) is 5.23. The van der Waals surface area contributed by atoms with Gasteiger partial charge in [0.2, 0.25) is 15.9 Å². The molecular weight excluding hydrogens is 242 g/mol. The third-order valence-corrected chi connectivity index (χ3v) is 4.26. The van der Waals surface area contributed by atoms with Crippen LogP contribution >= 0.6 is 0 Å². The van der Waals surface area contributed by atoms with Crippen LogP contribution in [0.5, 0.6) is 0 Å². The minimum absolute atomic E-state index is 0.0725. The van der Waals surface area contributed by atoms with Gasteiger partial charge in [-0.15, -0.1) is 0 Å². The zero-order valence-electron chi connectivity index (χ0n) is 11.1. The molecule has 0 radical (unpaired) electrons. The highest BCUT2D eigenvalue weighted by atomic mass is 32.2. The average Bonchev–Trinajstić information content (AvgIpc) is 2.14. The van der Waals surface area contributed by atoms with E-state index in [2.05, 4.69) is 5.32 Å². The van der Waals surface area contributed by atoms with Gasteiger partial charge >= 0.3 is 0 Å². The van der Waals surface area contributed by atoms with Crippen molar-refractivity contribution in [3.63, 3.8) is 0 Å². The minimum Gasteiger partial charge on any atom is -0.354 e. The Morgan fingerprint density at radius 2 is 1.82 bits per heavy atom.